The summed E-state index contributed by atoms with van der Waals surface area (Å²) in [4.78, 5) is 36.9. The molecule has 1 aliphatic rings. The Morgan fingerprint density at radius 3 is 2.39 bits per heavy atom. The second-order valence-electron chi connectivity index (χ2n) is 12.8. The molecule has 1 amide bonds. The lowest BCUT2D eigenvalue weighted by atomic mass is 9.95. The summed E-state index contributed by atoms with van der Waals surface area (Å²) in [6, 6.07) is 16.0. The highest BCUT2D eigenvalue weighted by Crippen LogP contribution is 2.30. The van der Waals surface area contributed by atoms with E-state index in [0.717, 1.165) is 28.9 Å². The molecule has 1 atom stereocenters. The van der Waals surface area contributed by atoms with E-state index in [9.17, 15) is 13.2 Å². The van der Waals surface area contributed by atoms with Crippen LogP contribution in [0.4, 0.5) is 11.8 Å². The van der Waals surface area contributed by atoms with Gasteiger partial charge in [-0.25, -0.2) is 33.1 Å². The molecule has 2 aromatic heterocycles. The van der Waals surface area contributed by atoms with Crippen LogP contribution >= 0.6 is 0 Å². The summed E-state index contributed by atoms with van der Waals surface area (Å²) in [5.74, 6) is 1.30. The van der Waals surface area contributed by atoms with Crippen molar-refractivity contribution >= 4 is 27.7 Å². The van der Waals surface area contributed by atoms with Crippen molar-refractivity contribution in [2.75, 3.05) is 16.7 Å². The van der Waals surface area contributed by atoms with E-state index in [1.807, 2.05) is 51.2 Å². The summed E-state index contributed by atoms with van der Waals surface area (Å²) in [5, 5.41) is 0. The van der Waals surface area contributed by atoms with Gasteiger partial charge in [-0.1, -0.05) is 38.1 Å². The second kappa shape index (κ2) is 13.5. The fraction of sp³-hybridized carbons (Fsp3) is 0.400. The quantitative estimate of drug-likeness (QED) is 0.253. The van der Waals surface area contributed by atoms with Crippen molar-refractivity contribution in [3.8, 4) is 11.3 Å². The van der Waals surface area contributed by atoms with Crippen LogP contribution in [0.25, 0.3) is 11.3 Å². The van der Waals surface area contributed by atoms with Gasteiger partial charge in [0.2, 0.25) is 5.95 Å². The first kappa shape index (κ1) is 33.0. The zero-order valence-electron chi connectivity index (χ0n) is 27.7. The number of sulfonamides is 1. The minimum absolute atomic E-state index is 0.00267. The average Bonchev–Trinajstić information content (AvgIpc) is 3.00. The smallest absolute Gasteiger partial charge is 0.264 e. The molecule has 5 rings (SSSR count). The Balaban J connectivity index is 1.64. The molecule has 1 N–H and O–H groups in total. The summed E-state index contributed by atoms with van der Waals surface area (Å²) in [7, 11) is -2.13. The molecular weight excluding hydrogens is 598 g/mol. The minimum atomic E-state index is -4.11. The third-order valence-corrected chi connectivity index (χ3v) is 9.78. The van der Waals surface area contributed by atoms with Gasteiger partial charge >= 0.3 is 0 Å². The second-order valence-corrected chi connectivity index (χ2v) is 14.4. The van der Waals surface area contributed by atoms with Gasteiger partial charge in [-0.15, -0.1) is 0 Å². The molecule has 4 aromatic rings. The van der Waals surface area contributed by atoms with Crippen LogP contribution in [0.2, 0.25) is 0 Å². The van der Waals surface area contributed by atoms with Crippen molar-refractivity contribution in [2.24, 2.45) is 5.92 Å². The number of fused-ring (bicyclic) bond motifs is 4. The van der Waals surface area contributed by atoms with E-state index in [2.05, 4.69) is 52.3 Å². The lowest BCUT2D eigenvalue weighted by Crippen LogP contribution is -2.41. The molecule has 0 saturated carbocycles. The SMILES string of the molecule is Cc1cccc(C)c1-c1cc2nc(n1)NS(=O)(=O)c1cccc(c1)C(=O)N(Cc1nccc(N(C)C(C)C)n1)[C@H](CC(C)C)CC2. The fourth-order valence-corrected chi connectivity index (χ4v) is 6.85. The third kappa shape index (κ3) is 7.36. The average molecular weight is 642 g/mol. The Kier molecular flexibility index (Phi) is 9.71. The monoisotopic (exact) mass is 641 g/mol. The molecule has 11 heteroatoms. The molecule has 4 bridgehead atoms. The van der Waals surface area contributed by atoms with E-state index in [1.54, 1.807) is 23.2 Å². The Morgan fingerprint density at radius 1 is 0.978 bits per heavy atom. The maximum Gasteiger partial charge on any atom is 0.264 e. The molecule has 0 saturated heterocycles. The molecule has 2 aromatic carbocycles. The number of hydrogen-bond acceptors (Lipinski definition) is 8. The largest absolute Gasteiger partial charge is 0.357 e. The van der Waals surface area contributed by atoms with Gasteiger partial charge in [0.1, 0.15) is 11.6 Å². The summed E-state index contributed by atoms with van der Waals surface area (Å²) >= 11 is 0. The van der Waals surface area contributed by atoms with E-state index in [1.165, 1.54) is 12.1 Å². The molecule has 0 fully saturated rings. The summed E-state index contributed by atoms with van der Waals surface area (Å²) in [6.45, 7) is 12.6. The first-order chi connectivity index (χ1) is 21.8. The van der Waals surface area contributed by atoms with Crippen molar-refractivity contribution in [3.05, 3.63) is 89.0 Å². The number of amides is 1. The van der Waals surface area contributed by atoms with Crippen molar-refractivity contribution in [2.45, 2.75) is 84.3 Å². The molecule has 0 aliphatic carbocycles. The van der Waals surface area contributed by atoms with Crippen LogP contribution in [0.3, 0.4) is 0 Å². The number of carbonyl (C=O) groups is 1. The Bertz CT molecular complexity index is 1820. The molecule has 0 radical (unpaired) electrons. The third-order valence-electron chi connectivity index (χ3n) is 8.45. The maximum atomic E-state index is 14.4. The number of benzene rings is 2. The number of nitrogens with one attached hydrogen (secondary N) is 1. The molecule has 0 unspecified atom stereocenters. The van der Waals surface area contributed by atoms with Crippen molar-refractivity contribution in [3.63, 3.8) is 0 Å². The van der Waals surface area contributed by atoms with Gasteiger partial charge in [0, 0.05) is 42.1 Å². The van der Waals surface area contributed by atoms with Gasteiger partial charge in [-0.2, -0.15) is 0 Å². The molecule has 242 valence electrons. The van der Waals surface area contributed by atoms with Gasteiger partial charge in [-0.05, 0) is 94.3 Å². The van der Waals surface area contributed by atoms with Crippen LogP contribution in [-0.4, -0.2) is 58.3 Å². The van der Waals surface area contributed by atoms with Crippen LogP contribution in [0.1, 0.15) is 73.5 Å². The fourth-order valence-electron chi connectivity index (χ4n) is 5.86. The number of aromatic nitrogens is 4. The number of aryl methyl sites for hydroxylation is 3. The summed E-state index contributed by atoms with van der Waals surface area (Å²) in [6.07, 6.45) is 3.56. The topological polar surface area (TPSA) is 121 Å². The van der Waals surface area contributed by atoms with Gasteiger partial charge < -0.3 is 9.80 Å². The van der Waals surface area contributed by atoms with Crippen LogP contribution in [0.5, 0.6) is 0 Å². The van der Waals surface area contributed by atoms with Crippen LogP contribution in [-0.2, 0) is 23.0 Å². The zero-order chi connectivity index (χ0) is 33.2. The van der Waals surface area contributed by atoms with E-state index >= 15 is 0 Å². The number of hydrogen-bond donors (Lipinski definition) is 1. The van der Waals surface area contributed by atoms with E-state index in [0.29, 0.717) is 30.1 Å². The Labute approximate surface area is 272 Å². The predicted molar refractivity (Wildman–Crippen MR) is 181 cm³/mol. The molecule has 1 aliphatic heterocycles. The van der Waals surface area contributed by atoms with Crippen molar-refractivity contribution in [1.82, 2.24) is 24.8 Å². The zero-order valence-corrected chi connectivity index (χ0v) is 28.5. The van der Waals surface area contributed by atoms with E-state index < -0.39 is 10.0 Å². The van der Waals surface area contributed by atoms with Crippen LogP contribution in [0.15, 0.2) is 65.7 Å². The van der Waals surface area contributed by atoms with E-state index in [4.69, 9.17) is 4.98 Å². The molecule has 0 spiro atoms. The predicted octanol–water partition coefficient (Wildman–Crippen LogP) is 6.20. The van der Waals surface area contributed by atoms with Gasteiger partial charge in [0.05, 0.1) is 17.1 Å². The maximum absolute atomic E-state index is 14.4. The number of carbonyl (C=O) groups excluding carboxylic acids is 1. The van der Waals surface area contributed by atoms with Crippen molar-refractivity contribution < 1.29 is 13.2 Å². The first-order valence-electron chi connectivity index (χ1n) is 15.8. The molecule has 3 heterocycles. The normalized spacial score (nSPS) is 16.4. The highest BCUT2D eigenvalue weighted by atomic mass is 32.2. The number of nitrogens with zero attached hydrogens (tertiary/aromatic N) is 6. The standard InChI is InChI=1S/C35H43N7O3S/c1-22(2)18-28-15-14-27-20-30(33-24(5)10-8-11-25(33)6)38-35(37-27)40-46(44,45)29-13-9-12-26(19-29)34(43)42(28)21-31-36-17-16-32(39-31)41(7)23(3)4/h8-13,16-17,19-20,22-23,28H,14-15,18,21H2,1-7H3,(H,37,38,40)/t28-/m0/s1. The van der Waals surface area contributed by atoms with Gasteiger partial charge in [0.25, 0.3) is 15.9 Å². The van der Waals surface area contributed by atoms with Gasteiger partial charge in [0.15, 0.2) is 0 Å². The summed E-state index contributed by atoms with van der Waals surface area (Å²) < 4.78 is 29.9. The summed E-state index contributed by atoms with van der Waals surface area (Å²) in [5.41, 5.74) is 4.61. The lowest BCUT2D eigenvalue weighted by Gasteiger charge is -2.33. The first-order valence-corrected chi connectivity index (χ1v) is 17.2. The van der Waals surface area contributed by atoms with Crippen LogP contribution < -0.4 is 9.62 Å². The Hall–Kier alpha value is -4.38. The highest BCUT2D eigenvalue weighted by Gasteiger charge is 2.29. The highest BCUT2D eigenvalue weighted by molar-refractivity contribution is 7.92. The number of anilines is 2. The van der Waals surface area contributed by atoms with Crippen molar-refractivity contribution in [1.29, 1.82) is 0 Å². The molecule has 10 nitrogen and oxygen atoms in total. The Morgan fingerprint density at radius 2 is 1.70 bits per heavy atom. The molecular formula is C35H43N7O3S. The number of rotatable bonds is 7. The van der Waals surface area contributed by atoms with Gasteiger partial charge in [-0.3, -0.25) is 4.79 Å². The van der Waals surface area contributed by atoms with E-state index in [-0.39, 0.29) is 46.9 Å². The lowest BCUT2D eigenvalue weighted by molar-refractivity contribution is 0.0618. The minimum Gasteiger partial charge on any atom is -0.357 e. The van der Waals surface area contributed by atoms with Crippen LogP contribution in [0, 0.1) is 19.8 Å². The molecule has 46 heavy (non-hydrogen) atoms.